The van der Waals surface area contributed by atoms with Gasteiger partial charge < -0.3 is 5.32 Å². The van der Waals surface area contributed by atoms with Gasteiger partial charge in [0.2, 0.25) is 0 Å². The molecule has 0 radical (unpaired) electrons. The topological polar surface area (TPSA) is 37.8 Å². The lowest BCUT2D eigenvalue weighted by atomic mass is 10.1. The standard InChI is InChI=1S/C13H14FN3/c1-3-15-13-12(16-6-7-17-13)10-4-5-11(14)9(2)8-10/h4-8H,3H2,1-2H3,(H,15,17). The molecule has 3 nitrogen and oxygen atoms in total. The Balaban J connectivity index is 2.48. The van der Waals surface area contributed by atoms with Crippen LogP contribution in [-0.2, 0) is 0 Å². The molecule has 0 spiro atoms. The van der Waals surface area contributed by atoms with Crippen LogP contribution in [0.1, 0.15) is 12.5 Å². The second-order valence-electron chi connectivity index (χ2n) is 3.75. The Morgan fingerprint density at radius 1 is 1.24 bits per heavy atom. The Labute approximate surface area is 99.7 Å². The van der Waals surface area contributed by atoms with Crippen LogP contribution in [0.2, 0.25) is 0 Å². The molecule has 0 amide bonds. The highest BCUT2D eigenvalue weighted by Gasteiger charge is 2.08. The number of aryl methyl sites for hydroxylation is 1. The van der Waals surface area contributed by atoms with E-state index in [1.54, 1.807) is 31.5 Å². The lowest BCUT2D eigenvalue weighted by Gasteiger charge is -2.09. The number of rotatable bonds is 3. The Hall–Kier alpha value is -1.97. The van der Waals surface area contributed by atoms with Crippen molar-refractivity contribution < 1.29 is 4.39 Å². The molecule has 2 aromatic rings. The van der Waals surface area contributed by atoms with Gasteiger partial charge in [-0.3, -0.25) is 4.98 Å². The molecule has 0 aliphatic carbocycles. The van der Waals surface area contributed by atoms with E-state index in [9.17, 15) is 4.39 Å². The molecule has 1 aromatic carbocycles. The predicted octanol–water partition coefficient (Wildman–Crippen LogP) is 3.02. The zero-order valence-electron chi connectivity index (χ0n) is 9.87. The van der Waals surface area contributed by atoms with Crippen LogP contribution >= 0.6 is 0 Å². The molecule has 1 N–H and O–H groups in total. The maximum Gasteiger partial charge on any atom is 0.152 e. The van der Waals surface area contributed by atoms with Gasteiger partial charge in [-0.2, -0.15) is 0 Å². The molecule has 0 saturated carbocycles. The van der Waals surface area contributed by atoms with Gasteiger partial charge in [-0.25, -0.2) is 9.37 Å². The van der Waals surface area contributed by atoms with Crippen molar-refractivity contribution in [3.05, 3.63) is 42.0 Å². The van der Waals surface area contributed by atoms with Crippen molar-refractivity contribution in [3.8, 4) is 11.3 Å². The summed E-state index contributed by atoms with van der Waals surface area (Å²) in [6.07, 6.45) is 3.27. The quantitative estimate of drug-likeness (QED) is 0.882. The van der Waals surface area contributed by atoms with E-state index in [0.29, 0.717) is 5.56 Å². The molecular formula is C13H14FN3. The van der Waals surface area contributed by atoms with Crippen LogP contribution in [0.15, 0.2) is 30.6 Å². The van der Waals surface area contributed by atoms with Crippen molar-refractivity contribution in [2.75, 3.05) is 11.9 Å². The first kappa shape index (κ1) is 11.5. The van der Waals surface area contributed by atoms with Crippen molar-refractivity contribution in [1.29, 1.82) is 0 Å². The maximum atomic E-state index is 13.2. The molecule has 0 aliphatic heterocycles. The molecule has 17 heavy (non-hydrogen) atoms. The minimum absolute atomic E-state index is 0.206. The Morgan fingerprint density at radius 3 is 2.71 bits per heavy atom. The number of hydrogen-bond acceptors (Lipinski definition) is 3. The molecule has 1 heterocycles. The van der Waals surface area contributed by atoms with Gasteiger partial charge in [0.1, 0.15) is 11.5 Å². The fraction of sp³-hybridized carbons (Fsp3) is 0.231. The van der Waals surface area contributed by atoms with E-state index < -0.39 is 0 Å². The maximum absolute atomic E-state index is 13.2. The summed E-state index contributed by atoms with van der Waals surface area (Å²) in [5.41, 5.74) is 2.22. The highest BCUT2D eigenvalue weighted by molar-refractivity contribution is 5.71. The molecule has 88 valence electrons. The minimum Gasteiger partial charge on any atom is -0.369 e. The Kier molecular flexibility index (Phi) is 3.32. The monoisotopic (exact) mass is 231 g/mol. The number of benzene rings is 1. The van der Waals surface area contributed by atoms with Gasteiger partial charge in [-0.15, -0.1) is 0 Å². The van der Waals surface area contributed by atoms with Crippen LogP contribution in [0.4, 0.5) is 10.2 Å². The molecule has 0 unspecified atom stereocenters. The summed E-state index contributed by atoms with van der Waals surface area (Å²) < 4.78 is 13.2. The van der Waals surface area contributed by atoms with Gasteiger partial charge >= 0.3 is 0 Å². The van der Waals surface area contributed by atoms with E-state index in [-0.39, 0.29) is 5.82 Å². The lowest BCUT2D eigenvalue weighted by Crippen LogP contribution is -2.02. The van der Waals surface area contributed by atoms with Crippen LogP contribution < -0.4 is 5.32 Å². The summed E-state index contributed by atoms with van der Waals surface area (Å²) in [6.45, 7) is 4.50. The largest absolute Gasteiger partial charge is 0.369 e. The minimum atomic E-state index is -0.206. The van der Waals surface area contributed by atoms with Crippen molar-refractivity contribution in [3.63, 3.8) is 0 Å². The molecule has 4 heteroatoms. The molecule has 0 atom stereocenters. The normalized spacial score (nSPS) is 10.3. The van der Waals surface area contributed by atoms with Crippen LogP contribution in [0.3, 0.4) is 0 Å². The first-order valence-corrected chi connectivity index (χ1v) is 5.53. The van der Waals surface area contributed by atoms with Gasteiger partial charge in [-0.1, -0.05) is 0 Å². The number of nitrogens with zero attached hydrogens (tertiary/aromatic N) is 2. The zero-order valence-corrected chi connectivity index (χ0v) is 9.87. The average Bonchev–Trinajstić information content (AvgIpc) is 2.34. The Morgan fingerprint density at radius 2 is 2.00 bits per heavy atom. The summed E-state index contributed by atoms with van der Waals surface area (Å²) in [4.78, 5) is 8.52. The van der Waals surface area contributed by atoms with Crippen molar-refractivity contribution in [2.45, 2.75) is 13.8 Å². The summed E-state index contributed by atoms with van der Waals surface area (Å²) in [7, 11) is 0. The van der Waals surface area contributed by atoms with Crippen molar-refractivity contribution in [2.24, 2.45) is 0 Å². The van der Waals surface area contributed by atoms with Crippen LogP contribution in [0.5, 0.6) is 0 Å². The molecular weight excluding hydrogens is 217 g/mol. The molecule has 0 bridgehead atoms. The zero-order chi connectivity index (χ0) is 12.3. The third-order valence-corrected chi connectivity index (χ3v) is 2.47. The summed E-state index contributed by atoms with van der Waals surface area (Å²) in [5.74, 6) is 0.517. The first-order valence-electron chi connectivity index (χ1n) is 5.53. The summed E-state index contributed by atoms with van der Waals surface area (Å²) >= 11 is 0. The Bertz CT molecular complexity index is 526. The van der Waals surface area contributed by atoms with Gasteiger partial charge in [0.25, 0.3) is 0 Å². The van der Waals surface area contributed by atoms with Gasteiger partial charge in [0.05, 0.1) is 0 Å². The lowest BCUT2D eigenvalue weighted by molar-refractivity contribution is 0.619. The number of halogens is 1. The molecule has 2 rings (SSSR count). The van der Waals surface area contributed by atoms with E-state index in [0.717, 1.165) is 23.6 Å². The third kappa shape index (κ3) is 2.41. The van der Waals surface area contributed by atoms with Crippen molar-refractivity contribution >= 4 is 5.82 Å². The van der Waals surface area contributed by atoms with E-state index in [4.69, 9.17) is 0 Å². The smallest absolute Gasteiger partial charge is 0.152 e. The van der Waals surface area contributed by atoms with E-state index in [1.165, 1.54) is 6.07 Å². The highest BCUT2D eigenvalue weighted by Crippen LogP contribution is 2.24. The number of nitrogens with one attached hydrogen (secondary N) is 1. The fourth-order valence-corrected chi connectivity index (χ4v) is 1.64. The molecule has 1 aromatic heterocycles. The van der Waals surface area contributed by atoms with Crippen LogP contribution in [0, 0.1) is 12.7 Å². The van der Waals surface area contributed by atoms with E-state index in [1.807, 2.05) is 6.92 Å². The van der Waals surface area contributed by atoms with Crippen LogP contribution in [0.25, 0.3) is 11.3 Å². The summed E-state index contributed by atoms with van der Waals surface area (Å²) in [5, 5.41) is 3.14. The van der Waals surface area contributed by atoms with Gasteiger partial charge in [0, 0.05) is 24.5 Å². The average molecular weight is 231 g/mol. The van der Waals surface area contributed by atoms with E-state index in [2.05, 4.69) is 15.3 Å². The van der Waals surface area contributed by atoms with Gasteiger partial charge in [0.15, 0.2) is 5.82 Å². The molecule has 0 fully saturated rings. The SMILES string of the molecule is CCNc1nccnc1-c1ccc(F)c(C)c1. The first-order chi connectivity index (χ1) is 8.22. The highest BCUT2D eigenvalue weighted by atomic mass is 19.1. The molecule has 0 aliphatic rings. The molecule has 0 saturated heterocycles. The fourth-order valence-electron chi connectivity index (χ4n) is 1.64. The second kappa shape index (κ2) is 4.91. The number of hydrogen-bond donors (Lipinski definition) is 1. The number of aromatic nitrogens is 2. The third-order valence-electron chi connectivity index (χ3n) is 2.47. The van der Waals surface area contributed by atoms with E-state index >= 15 is 0 Å². The van der Waals surface area contributed by atoms with Crippen molar-refractivity contribution in [1.82, 2.24) is 9.97 Å². The van der Waals surface area contributed by atoms with Crippen LogP contribution in [-0.4, -0.2) is 16.5 Å². The predicted molar refractivity (Wildman–Crippen MR) is 66.3 cm³/mol. The number of anilines is 1. The second-order valence-corrected chi connectivity index (χ2v) is 3.75. The summed E-state index contributed by atoms with van der Waals surface area (Å²) in [6, 6.07) is 4.95. The van der Waals surface area contributed by atoms with Gasteiger partial charge in [-0.05, 0) is 37.6 Å².